The molecule has 1 aliphatic heterocycles. The molecular formula is C10H13ClN2O2. The third kappa shape index (κ3) is 2.52. The molecule has 1 unspecified atom stereocenters. The van der Waals surface area contributed by atoms with Crippen molar-refractivity contribution in [2.75, 3.05) is 20.2 Å². The number of aromatic nitrogens is 1. The van der Waals surface area contributed by atoms with Crippen LogP contribution in [0.25, 0.3) is 0 Å². The van der Waals surface area contributed by atoms with E-state index in [1.807, 2.05) is 0 Å². The smallest absolute Gasteiger partial charge is 0.258 e. The van der Waals surface area contributed by atoms with Crippen molar-refractivity contribution in [1.29, 1.82) is 0 Å². The number of rotatable bonds is 3. The highest BCUT2D eigenvalue weighted by molar-refractivity contribution is 6.29. The molecule has 0 amide bonds. The number of pyridine rings is 1. The van der Waals surface area contributed by atoms with Crippen molar-refractivity contribution in [2.45, 2.75) is 12.5 Å². The van der Waals surface area contributed by atoms with Gasteiger partial charge in [0.15, 0.2) is 5.75 Å². The number of nitrogens with zero attached hydrogens (tertiary/aromatic N) is 1. The predicted octanol–water partition coefficient (Wildman–Crippen LogP) is 1.48. The van der Waals surface area contributed by atoms with Gasteiger partial charge >= 0.3 is 0 Å². The van der Waals surface area contributed by atoms with Crippen LogP contribution in [0.4, 0.5) is 0 Å². The van der Waals surface area contributed by atoms with Gasteiger partial charge in [0.05, 0.1) is 7.11 Å². The molecule has 5 heteroatoms. The molecule has 1 aromatic heterocycles. The summed E-state index contributed by atoms with van der Waals surface area (Å²) in [5.41, 5.74) is 0. The quantitative estimate of drug-likeness (QED) is 0.796. The molecular weight excluding hydrogens is 216 g/mol. The molecule has 1 saturated heterocycles. The Labute approximate surface area is 93.6 Å². The number of hydrogen-bond acceptors (Lipinski definition) is 4. The summed E-state index contributed by atoms with van der Waals surface area (Å²) >= 11 is 5.75. The number of ether oxygens (including phenoxy) is 2. The maximum Gasteiger partial charge on any atom is 0.258 e. The van der Waals surface area contributed by atoms with E-state index in [0.29, 0.717) is 16.8 Å². The van der Waals surface area contributed by atoms with E-state index in [4.69, 9.17) is 21.1 Å². The first-order valence-corrected chi connectivity index (χ1v) is 5.25. The largest absolute Gasteiger partial charge is 0.483 e. The first-order chi connectivity index (χ1) is 7.29. The van der Waals surface area contributed by atoms with E-state index in [0.717, 1.165) is 19.5 Å². The molecule has 1 atom stereocenters. The predicted molar refractivity (Wildman–Crippen MR) is 57.7 cm³/mol. The van der Waals surface area contributed by atoms with Gasteiger partial charge in [0.1, 0.15) is 11.3 Å². The zero-order valence-corrected chi connectivity index (χ0v) is 9.25. The number of halogens is 1. The minimum Gasteiger partial charge on any atom is -0.483 e. The molecule has 2 heterocycles. The Morgan fingerprint density at radius 2 is 2.40 bits per heavy atom. The lowest BCUT2D eigenvalue weighted by Crippen LogP contribution is -2.20. The molecule has 1 aromatic rings. The minimum absolute atomic E-state index is 0.196. The van der Waals surface area contributed by atoms with Crippen molar-refractivity contribution < 1.29 is 9.47 Å². The molecule has 0 spiro atoms. The molecule has 2 rings (SSSR count). The van der Waals surface area contributed by atoms with Gasteiger partial charge in [-0.2, -0.15) is 4.98 Å². The molecule has 0 radical (unpaired) electrons. The summed E-state index contributed by atoms with van der Waals surface area (Å²) in [5.74, 6) is 1.09. The zero-order chi connectivity index (χ0) is 10.7. The van der Waals surface area contributed by atoms with E-state index in [1.165, 1.54) is 0 Å². The average molecular weight is 229 g/mol. The van der Waals surface area contributed by atoms with Crippen LogP contribution < -0.4 is 14.8 Å². The Kier molecular flexibility index (Phi) is 3.28. The van der Waals surface area contributed by atoms with Crippen LogP contribution in [0, 0.1) is 0 Å². The van der Waals surface area contributed by atoms with Gasteiger partial charge in [-0.05, 0) is 25.1 Å². The summed E-state index contributed by atoms with van der Waals surface area (Å²) in [7, 11) is 1.55. The highest BCUT2D eigenvalue weighted by atomic mass is 35.5. The third-order valence-corrected chi connectivity index (χ3v) is 2.50. The lowest BCUT2D eigenvalue weighted by atomic mass is 10.3. The van der Waals surface area contributed by atoms with Crippen molar-refractivity contribution in [3.8, 4) is 11.6 Å². The topological polar surface area (TPSA) is 43.4 Å². The number of hydrogen-bond donors (Lipinski definition) is 1. The van der Waals surface area contributed by atoms with Crippen LogP contribution in [0.5, 0.6) is 11.6 Å². The summed E-state index contributed by atoms with van der Waals surface area (Å²) in [6, 6.07) is 3.48. The molecule has 0 aliphatic carbocycles. The van der Waals surface area contributed by atoms with Gasteiger partial charge in [0.2, 0.25) is 0 Å². The third-order valence-electron chi connectivity index (χ3n) is 2.29. The summed E-state index contributed by atoms with van der Waals surface area (Å²) in [6.07, 6.45) is 1.20. The lowest BCUT2D eigenvalue weighted by Gasteiger charge is -2.14. The average Bonchev–Trinajstić information content (AvgIpc) is 2.73. The first kappa shape index (κ1) is 10.5. The summed E-state index contributed by atoms with van der Waals surface area (Å²) in [5, 5.41) is 3.64. The van der Waals surface area contributed by atoms with Gasteiger partial charge in [-0.1, -0.05) is 11.6 Å². The number of nitrogens with one attached hydrogen (secondary N) is 1. The highest BCUT2D eigenvalue weighted by Gasteiger charge is 2.18. The Hall–Kier alpha value is -1.00. The van der Waals surface area contributed by atoms with Gasteiger partial charge < -0.3 is 14.8 Å². The summed E-state index contributed by atoms with van der Waals surface area (Å²) in [6.45, 7) is 1.86. The molecule has 82 valence electrons. The van der Waals surface area contributed by atoms with Crippen molar-refractivity contribution in [3.05, 3.63) is 17.3 Å². The van der Waals surface area contributed by atoms with Crippen LogP contribution >= 0.6 is 11.6 Å². The van der Waals surface area contributed by atoms with E-state index >= 15 is 0 Å². The van der Waals surface area contributed by atoms with E-state index in [1.54, 1.807) is 19.2 Å². The Bertz CT molecular complexity index is 340. The van der Waals surface area contributed by atoms with Gasteiger partial charge in [0.25, 0.3) is 5.88 Å². The van der Waals surface area contributed by atoms with Crippen molar-refractivity contribution >= 4 is 11.6 Å². The standard InChI is InChI=1S/C10H13ClN2O2/c1-14-10-8(2-3-9(11)13-10)15-7-4-5-12-6-7/h2-3,7,12H,4-6H2,1H3. The normalized spacial score (nSPS) is 20.3. The molecule has 0 aromatic carbocycles. The fourth-order valence-corrected chi connectivity index (χ4v) is 1.69. The van der Waals surface area contributed by atoms with E-state index < -0.39 is 0 Å². The van der Waals surface area contributed by atoms with E-state index in [2.05, 4.69) is 10.3 Å². The first-order valence-electron chi connectivity index (χ1n) is 4.87. The van der Waals surface area contributed by atoms with Crippen LogP contribution in [0.1, 0.15) is 6.42 Å². The second kappa shape index (κ2) is 4.68. The molecule has 1 aliphatic rings. The fourth-order valence-electron chi connectivity index (χ4n) is 1.55. The highest BCUT2D eigenvalue weighted by Crippen LogP contribution is 2.27. The Balaban J connectivity index is 2.12. The fraction of sp³-hybridized carbons (Fsp3) is 0.500. The summed E-state index contributed by atoms with van der Waals surface area (Å²) < 4.78 is 10.8. The zero-order valence-electron chi connectivity index (χ0n) is 8.50. The van der Waals surface area contributed by atoms with Crippen LogP contribution in [0.3, 0.4) is 0 Å². The Morgan fingerprint density at radius 1 is 1.53 bits per heavy atom. The van der Waals surface area contributed by atoms with Crippen LogP contribution in [0.15, 0.2) is 12.1 Å². The van der Waals surface area contributed by atoms with Gasteiger partial charge in [-0.15, -0.1) is 0 Å². The van der Waals surface area contributed by atoms with Crippen molar-refractivity contribution in [3.63, 3.8) is 0 Å². The molecule has 15 heavy (non-hydrogen) atoms. The second-order valence-electron chi connectivity index (χ2n) is 3.37. The van der Waals surface area contributed by atoms with Crippen LogP contribution in [-0.4, -0.2) is 31.3 Å². The van der Waals surface area contributed by atoms with Crippen LogP contribution in [-0.2, 0) is 0 Å². The monoisotopic (exact) mass is 228 g/mol. The Morgan fingerprint density at radius 3 is 3.07 bits per heavy atom. The van der Waals surface area contributed by atoms with Gasteiger partial charge in [-0.3, -0.25) is 0 Å². The summed E-state index contributed by atoms with van der Waals surface area (Å²) in [4.78, 5) is 4.03. The molecule has 1 N–H and O–H groups in total. The van der Waals surface area contributed by atoms with Crippen molar-refractivity contribution in [1.82, 2.24) is 10.3 Å². The van der Waals surface area contributed by atoms with Gasteiger partial charge in [-0.25, -0.2) is 0 Å². The molecule has 4 nitrogen and oxygen atoms in total. The van der Waals surface area contributed by atoms with Crippen LogP contribution in [0.2, 0.25) is 5.15 Å². The van der Waals surface area contributed by atoms with Crippen molar-refractivity contribution in [2.24, 2.45) is 0 Å². The van der Waals surface area contributed by atoms with Gasteiger partial charge in [0, 0.05) is 6.54 Å². The number of methoxy groups -OCH3 is 1. The lowest BCUT2D eigenvalue weighted by molar-refractivity contribution is 0.210. The maximum absolute atomic E-state index is 5.75. The minimum atomic E-state index is 0.196. The molecule has 0 saturated carbocycles. The maximum atomic E-state index is 5.75. The second-order valence-corrected chi connectivity index (χ2v) is 3.76. The molecule has 0 bridgehead atoms. The van der Waals surface area contributed by atoms with E-state index in [-0.39, 0.29) is 6.10 Å². The SMILES string of the molecule is COc1nc(Cl)ccc1OC1CCNC1. The van der Waals surface area contributed by atoms with E-state index in [9.17, 15) is 0 Å². The molecule has 1 fully saturated rings.